The van der Waals surface area contributed by atoms with Crippen LogP contribution < -0.4 is 5.32 Å². The molecule has 0 bridgehead atoms. The molecule has 0 aromatic heterocycles. The first-order valence-corrected chi connectivity index (χ1v) is 6.96. The van der Waals surface area contributed by atoms with Crippen LogP contribution >= 0.6 is 11.6 Å². The van der Waals surface area contributed by atoms with E-state index in [9.17, 15) is 19.1 Å². The van der Waals surface area contributed by atoms with Gasteiger partial charge in [0.15, 0.2) is 6.61 Å². The molecule has 5 nitrogen and oxygen atoms in total. The zero-order chi connectivity index (χ0) is 17.0. The van der Waals surface area contributed by atoms with Gasteiger partial charge in [-0.2, -0.15) is 0 Å². The van der Waals surface area contributed by atoms with Gasteiger partial charge in [0.25, 0.3) is 5.91 Å². The van der Waals surface area contributed by atoms with E-state index in [1.807, 2.05) is 0 Å². The first-order chi connectivity index (χ1) is 10.9. The summed E-state index contributed by atoms with van der Waals surface area (Å²) in [4.78, 5) is 23.5. The van der Waals surface area contributed by atoms with Gasteiger partial charge in [0.2, 0.25) is 0 Å². The minimum atomic E-state index is -0.853. The van der Waals surface area contributed by atoms with Crippen molar-refractivity contribution in [3.63, 3.8) is 0 Å². The molecule has 0 saturated heterocycles. The Morgan fingerprint density at radius 3 is 2.65 bits per heavy atom. The molecule has 0 heterocycles. The van der Waals surface area contributed by atoms with Crippen LogP contribution in [0.4, 0.5) is 10.1 Å². The maximum Gasteiger partial charge on any atom is 0.342 e. The van der Waals surface area contributed by atoms with Gasteiger partial charge in [-0.25, -0.2) is 9.18 Å². The summed E-state index contributed by atoms with van der Waals surface area (Å²) in [5.74, 6) is -2.51. The molecule has 1 amide bonds. The average molecular weight is 338 g/mol. The van der Waals surface area contributed by atoms with E-state index in [0.29, 0.717) is 0 Å². The van der Waals surface area contributed by atoms with E-state index < -0.39 is 24.3 Å². The van der Waals surface area contributed by atoms with E-state index in [2.05, 4.69) is 5.32 Å². The van der Waals surface area contributed by atoms with Crippen molar-refractivity contribution in [1.29, 1.82) is 0 Å². The standard InChI is InChI=1S/C16H13ClFNO4/c1-9-2-4-11(14(20)6-9)16(22)23-8-15(21)19-13-5-3-10(17)7-12(13)18/h2-7,20H,8H2,1H3,(H,19,21). The Morgan fingerprint density at radius 2 is 2.00 bits per heavy atom. The van der Waals surface area contributed by atoms with Crippen LogP contribution in [-0.4, -0.2) is 23.6 Å². The Hall–Kier alpha value is -2.60. The van der Waals surface area contributed by atoms with Crippen LogP contribution in [0.15, 0.2) is 36.4 Å². The molecular formula is C16H13ClFNO4. The summed E-state index contributed by atoms with van der Waals surface area (Å²) in [6, 6.07) is 8.18. The van der Waals surface area contributed by atoms with Gasteiger partial charge in [-0.15, -0.1) is 0 Å². The molecule has 120 valence electrons. The first-order valence-electron chi connectivity index (χ1n) is 6.58. The van der Waals surface area contributed by atoms with Crippen molar-refractivity contribution < 1.29 is 23.8 Å². The number of phenolic OH excluding ortho intramolecular Hbond substituents is 1. The zero-order valence-electron chi connectivity index (χ0n) is 12.1. The van der Waals surface area contributed by atoms with Crippen molar-refractivity contribution in [3.8, 4) is 5.75 Å². The molecule has 7 heteroatoms. The predicted molar refractivity (Wildman–Crippen MR) is 83.2 cm³/mol. The lowest BCUT2D eigenvalue weighted by Crippen LogP contribution is -2.21. The molecule has 0 saturated carbocycles. The molecule has 2 N–H and O–H groups in total. The van der Waals surface area contributed by atoms with Gasteiger partial charge >= 0.3 is 5.97 Å². The van der Waals surface area contributed by atoms with Gasteiger partial charge < -0.3 is 15.2 Å². The third kappa shape index (κ3) is 4.43. The number of aromatic hydroxyl groups is 1. The second-order valence-electron chi connectivity index (χ2n) is 4.77. The summed E-state index contributed by atoms with van der Waals surface area (Å²) in [7, 11) is 0. The highest BCUT2D eigenvalue weighted by Gasteiger charge is 2.15. The van der Waals surface area contributed by atoms with E-state index in [-0.39, 0.29) is 22.0 Å². The number of hydrogen-bond donors (Lipinski definition) is 2. The summed E-state index contributed by atoms with van der Waals surface area (Å²) in [6.07, 6.45) is 0. The normalized spacial score (nSPS) is 10.2. The number of esters is 1. The summed E-state index contributed by atoms with van der Waals surface area (Å²) in [6.45, 7) is 1.14. The van der Waals surface area contributed by atoms with Gasteiger partial charge in [-0.1, -0.05) is 17.7 Å². The Bertz CT molecular complexity index is 764. The number of aryl methyl sites for hydroxylation is 1. The fourth-order valence-corrected chi connectivity index (χ4v) is 1.96. The summed E-state index contributed by atoms with van der Waals surface area (Å²) < 4.78 is 18.3. The summed E-state index contributed by atoms with van der Waals surface area (Å²) in [5.41, 5.74) is 0.643. The molecule has 0 aliphatic rings. The average Bonchev–Trinajstić information content (AvgIpc) is 2.48. The second-order valence-corrected chi connectivity index (χ2v) is 5.21. The highest BCUT2D eigenvalue weighted by Crippen LogP contribution is 2.20. The highest BCUT2D eigenvalue weighted by molar-refractivity contribution is 6.30. The Morgan fingerprint density at radius 1 is 1.26 bits per heavy atom. The second kappa shape index (κ2) is 7.11. The molecule has 0 aliphatic heterocycles. The fraction of sp³-hybridized carbons (Fsp3) is 0.125. The van der Waals surface area contributed by atoms with Crippen molar-refractivity contribution in [2.75, 3.05) is 11.9 Å². The number of rotatable bonds is 4. The van der Waals surface area contributed by atoms with Crippen LogP contribution in [0.25, 0.3) is 0 Å². The van der Waals surface area contributed by atoms with Crippen molar-refractivity contribution in [3.05, 3.63) is 58.4 Å². The third-order valence-electron chi connectivity index (χ3n) is 2.91. The van der Waals surface area contributed by atoms with Crippen molar-refractivity contribution in [2.24, 2.45) is 0 Å². The third-order valence-corrected chi connectivity index (χ3v) is 3.15. The van der Waals surface area contributed by atoms with E-state index in [0.717, 1.165) is 11.6 Å². The van der Waals surface area contributed by atoms with Crippen LogP contribution in [-0.2, 0) is 9.53 Å². The SMILES string of the molecule is Cc1ccc(C(=O)OCC(=O)Nc2ccc(Cl)cc2F)c(O)c1. The van der Waals surface area contributed by atoms with Crippen molar-refractivity contribution in [2.45, 2.75) is 6.92 Å². The molecule has 0 radical (unpaired) electrons. The Labute approximate surface area is 136 Å². The van der Waals surface area contributed by atoms with Crippen molar-refractivity contribution >= 4 is 29.2 Å². The lowest BCUT2D eigenvalue weighted by atomic mass is 10.1. The van der Waals surface area contributed by atoms with Gasteiger partial charge in [0.05, 0.1) is 5.69 Å². The maximum atomic E-state index is 13.5. The predicted octanol–water partition coefficient (Wildman–Crippen LogP) is 3.29. The Kier molecular flexibility index (Phi) is 5.18. The number of amides is 1. The number of carbonyl (C=O) groups is 2. The molecule has 2 aromatic carbocycles. The Balaban J connectivity index is 1.94. The largest absolute Gasteiger partial charge is 0.507 e. The number of halogens is 2. The molecule has 0 unspecified atom stereocenters. The molecular weight excluding hydrogens is 325 g/mol. The van der Waals surface area contributed by atoms with Gasteiger partial charge in [0.1, 0.15) is 17.1 Å². The van der Waals surface area contributed by atoms with Crippen LogP contribution in [0.1, 0.15) is 15.9 Å². The lowest BCUT2D eigenvalue weighted by Gasteiger charge is -2.08. The number of nitrogens with one attached hydrogen (secondary N) is 1. The molecule has 0 spiro atoms. The molecule has 2 rings (SSSR count). The van der Waals surface area contributed by atoms with Crippen LogP contribution in [0.2, 0.25) is 5.02 Å². The quantitative estimate of drug-likeness (QED) is 0.839. The topological polar surface area (TPSA) is 75.6 Å². The van der Waals surface area contributed by atoms with Crippen LogP contribution in [0.5, 0.6) is 5.75 Å². The van der Waals surface area contributed by atoms with Crippen LogP contribution in [0, 0.1) is 12.7 Å². The van der Waals surface area contributed by atoms with E-state index in [4.69, 9.17) is 16.3 Å². The maximum absolute atomic E-state index is 13.5. The lowest BCUT2D eigenvalue weighted by molar-refractivity contribution is -0.119. The fourth-order valence-electron chi connectivity index (χ4n) is 1.80. The number of ether oxygens (including phenoxy) is 1. The van der Waals surface area contributed by atoms with Gasteiger partial charge in [-0.05, 0) is 42.8 Å². The molecule has 2 aromatic rings. The first kappa shape index (κ1) is 16.8. The summed E-state index contributed by atoms with van der Waals surface area (Å²) in [5, 5.41) is 12.1. The zero-order valence-corrected chi connectivity index (χ0v) is 12.9. The van der Waals surface area contributed by atoms with E-state index in [1.54, 1.807) is 13.0 Å². The van der Waals surface area contributed by atoms with Crippen LogP contribution in [0.3, 0.4) is 0 Å². The van der Waals surface area contributed by atoms with Crippen molar-refractivity contribution in [1.82, 2.24) is 0 Å². The minimum Gasteiger partial charge on any atom is -0.507 e. The molecule has 0 fully saturated rings. The smallest absolute Gasteiger partial charge is 0.342 e. The number of benzene rings is 2. The monoisotopic (exact) mass is 337 g/mol. The van der Waals surface area contributed by atoms with E-state index in [1.165, 1.54) is 24.3 Å². The van der Waals surface area contributed by atoms with Gasteiger partial charge in [0, 0.05) is 5.02 Å². The molecule has 23 heavy (non-hydrogen) atoms. The molecule has 0 atom stereocenters. The molecule has 0 aliphatic carbocycles. The van der Waals surface area contributed by atoms with E-state index >= 15 is 0 Å². The highest BCUT2D eigenvalue weighted by atomic mass is 35.5. The number of anilines is 1. The number of hydrogen-bond acceptors (Lipinski definition) is 4. The number of carbonyl (C=O) groups excluding carboxylic acids is 2. The minimum absolute atomic E-state index is 0.0546. The number of phenols is 1. The van der Waals surface area contributed by atoms with Gasteiger partial charge in [-0.3, -0.25) is 4.79 Å². The summed E-state index contributed by atoms with van der Waals surface area (Å²) >= 11 is 5.60.